The first-order valence-electron chi connectivity index (χ1n) is 8.34. The van der Waals surface area contributed by atoms with E-state index in [0.717, 1.165) is 32.1 Å². The van der Waals surface area contributed by atoms with Gasteiger partial charge in [-0.05, 0) is 25.3 Å². The predicted molar refractivity (Wildman–Crippen MR) is 86.5 cm³/mol. The molecule has 4 nitrogen and oxygen atoms in total. The van der Waals surface area contributed by atoms with Gasteiger partial charge in [0.05, 0.1) is 6.10 Å². The van der Waals surface area contributed by atoms with E-state index in [-0.39, 0.29) is 24.0 Å². The van der Waals surface area contributed by atoms with Gasteiger partial charge in [-0.15, -0.1) is 0 Å². The van der Waals surface area contributed by atoms with E-state index in [1.165, 1.54) is 0 Å². The Labute approximate surface area is 132 Å². The minimum absolute atomic E-state index is 0.0400. The van der Waals surface area contributed by atoms with Crippen molar-refractivity contribution in [2.24, 2.45) is 11.8 Å². The fourth-order valence-electron chi connectivity index (χ4n) is 2.78. The van der Waals surface area contributed by atoms with Crippen LogP contribution in [0.2, 0.25) is 0 Å². The molecule has 0 radical (unpaired) electrons. The number of ketones is 1. The molecule has 0 aliphatic heterocycles. The molecule has 0 saturated carbocycles. The zero-order chi connectivity index (χ0) is 16.4. The molecule has 0 fully saturated rings. The SMILES string of the molecule is CCCCC[C@H](O)/C=C/[C@@H]1C=CC(=O)[C@@H]1CCCCC(=O)O. The van der Waals surface area contributed by atoms with Crippen LogP contribution in [-0.2, 0) is 9.59 Å². The lowest BCUT2D eigenvalue weighted by Crippen LogP contribution is -2.15. The van der Waals surface area contributed by atoms with Crippen LogP contribution in [0.4, 0.5) is 0 Å². The molecule has 22 heavy (non-hydrogen) atoms. The number of carboxylic acid groups (broad SMARTS) is 1. The molecule has 1 rings (SSSR count). The first kappa shape index (κ1) is 18.6. The summed E-state index contributed by atoms with van der Waals surface area (Å²) >= 11 is 0. The van der Waals surface area contributed by atoms with Crippen molar-refractivity contribution < 1.29 is 19.8 Å². The Kier molecular flexibility index (Phi) is 8.75. The second-order valence-electron chi connectivity index (χ2n) is 6.03. The van der Waals surface area contributed by atoms with Crippen LogP contribution in [0.1, 0.15) is 58.3 Å². The maximum absolute atomic E-state index is 11.9. The molecular weight excluding hydrogens is 280 g/mol. The van der Waals surface area contributed by atoms with Crippen molar-refractivity contribution in [2.45, 2.75) is 64.4 Å². The van der Waals surface area contributed by atoms with Crippen LogP contribution < -0.4 is 0 Å². The first-order valence-corrected chi connectivity index (χ1v) is 8.34. The maximum atomic E-state index is 11.9. The minimum Gasteiger partial charge on any atom is -0.481 e. The van der Waals surface area contributed by atoms with E-state index in [0.29, 0.717) is 12.8 Å². The van der Waals surface area contributed by atoms with Gasteiger partial charge in [0.2, 0.25) is 0 Å². The summed E-state index contributed by atoms with van der Waals surface area (Å²) in [7, 11) is 0. The number of aliphatic hydroxyl groups is 1. The second kappa shape index (κ2) is 10.3. The number of carbonyl (C=O) groups excluding carboxylic acids is 1. The van der Waals surface area contributed by atoms with Gasteiger partial charge in [-0.1, -0.05) is 50.8 Å². The highest BCUT2D eigenvalue weighted by Gasteiger charge is 2.27. The van der Waals surface area contributed by atoms with Crippen molar-refractivity contribution in [3.63, 3.8) is 0 Å². The lowest BCUT2D eigenvalue weighted by atomic mass is 9.88. The summed E-state index contributed by atoms with van der Waals surface area (Å²) in [4.78, 5) is 22.4. The van der Waals surface area contributed by atoms with E-state index in [1.54, 1.807) is 12.2 Å². The Morgan fingerprint density at radius 2 is 2.09 bits per heavy atom. The summed E-state index contributed by atoms with van der Waals surface area (Å²) in [6, 6.07) is 0. The number of hydrogen-bond donors (Lipinski definition) is 2. The number of rotatable bonds is 11. The maximum Gasteiger partial charge on any atom is 0.303 e. The fraction of sp³-hybridized carbons (Fsp3) is 0.667. The normalized spacial score (nSPS) is 22.5. The van der Waals surface area contributed by atoms with Crippen molar-refractivity contribution in [2.75, 3.05) is 0 Å². The number of hydrogen-bond acceptors (Lipinski definition) is 3. The Balaban J connectivity index is 2.38. The van der Waals surface area contributed by atoms with E-state index >= 15 is 0 Å². The van der Waals surface area contributed by atoms with E-state index in [4.69, 9.17) is 5.11 Å². The highest BCUT2D eigenvalue weighted by molar-refractivity contribution is 5.94. The summed E-state index contributed by atoms with van der Waals surface area (Å²) in [5.74, 6) is -0.723. The monoisotopic (exact) mass is 308 g/mol. The van der Waals surface area contributed by atoms with Gasteiger partial charge < -0.3 is 10.2 Å². The quantitative estimate of drug-likeness (QED) is 0.452. The van der Waals surface area contributed by atoms with Crippen LogP contribution in [0.25, 0.3) is 0 Å². The number of unbranched alkanes of at least 4 members (excludes halogenated alkanes) is 3. The minimum atomic E-state index is -0.789. The molecule has 0 aromatic heterocycles. The molecule has 0 aromatic carbocycles. The molecule has 1 aliphatic rings. The zero-order valence-electron chi connectivity index (χ0n) is 13.4. The van der Waals surface area contributed by atoms with Crippen molar-refractivity contribution >= 4 is 11.8 Å². The number of aliphatic hydroxyl groups excluding tert-OH is 1. The molecule has 124 valence electrons. The predicted octanol–water partition coefficient (Wildman–Crippen LogP) is 3.50. The number of aliphatic carboxylic acids is 1. The molecule has 0 amide bonds. The third-order valence-electron chi connectivity index (χ3n) is 4.13. The standard InChI is InChI=1S/C18H28O4/c1-2-3-4-7-15(19)12-10-14-11-13-17(20)16(14)8-5-6-9-18(21)22/h10-16,19H,2-9H2,1H3,(H,21,22)/b12-10+/t14-,15+,16-/m1/s1. The molecule has 0 bridgehead atoms. The van der Waals surface area contributed by atoms with Gasteiger partial charge in [0.15, 0.2) is 5.78 Å². The van der Waals surface area contributed by atoms with Gasteiger partial charge in [0, 0.05) is 18.3 Å². The van der Waals surface area contributed by atoms with Crippen LogP contribution >= 0.6 is 0 Å². The summed E-state index contributed by atoms with van der Waals surface area (Å²) in [6.07, 6.45) is 13.0. The summed E-state index contributed by atoms with van der Waals surface area (Å²) in [5.41, 5.74) is 0. The Bertz CT molecular complexity index is 411. The highest BCUT2D eigenvalue weighted by Crippen LogP contribution is 2.28. The highest BCUT2D eigenvalue weighted by atomic mass is 16.4. The Morgan fingerprint density at radius 1 is 1.32 bits per heavy atom. The largest absolute Gasteiger partial charge is 0.481 e. The van der Waals surface area contributed by atoms with E-state index in [9.17, 15) is 14.7 Å². The third kappa shape index (κ3) is 7.03. The average molecular weight is 308 g/mol. The van der Waals surface area contributed by atoms with Crippen LogP contribution in [0.3, 0.4) is 0 Å². The second-order valence-corrected chi connectivity index (χ2v) is 6.03. The summed E-state index contributed by atoms with van der Waals surface area (Å²) in [5, 5.41) is 18.5. The fourth-order valence-corrected chi connectivity index (χ4v) is 2.78. The van der Waals surface area contributed by atoms with Crippen LogP contribution in [0.5, 0.6) is 0 Å². The average Bonchev–Trinajstić information content (AvgIpc) is 2.82. The van der Waals surface area contributed by atoms with Gasteiger partial charge >= 0.3 is 5.97 Å². The molecule has 0 spiro atoms. The summed E-state index contributed by atoms with van der Waals surface area (Å²) < 4.78 is 0. The molecule has 0 unspecified atom stereocenters. The Morgan fingerprint density at radius 3 is 2.77 bits per heavy atom. The van der Waals surface area contributed by atoms with Gasteiger partial charge in [-0.3, -0.25) is 9.59 Å². The van der Waals surface area contributed by atoms with E-state index in [1.807, 2.05) is 12.2 Å². The van der Waals surface area contributed by atoms with Gasteiger partial charge in [0.25, 0.3) is 0 Å². The number of carbonyl (C=O) groups is 2. The third-order valence-corrected chi connectivity index (χ3v) is 4.13. The smallest absolute Gasteiger partial charge is 0.303 e. The van der Waals surface area contributed by atoms with Crippen molar-refractivity contribution in [3.8, 4) is 0 Å². The van der Waals surface area contributed by atoms with Crippen molar-refractivity contribution in [1.82, 2.24) is 0 Å². The zero-order valence-corrected chi connectivity index (χ0v) is 13.4. The van der Waals surface area contributed by atoms with Gasteiger partial charge in [-0.25, -0.2) is 0 Å². The number of allylic oxidation sites excluding steroid dienone is 3. The molecule has 4 heteroatoms. The molecule has 3 atom stereocenters. The molecule has 0 saturated heterocycles. The Hall–Kier alpha value is -1.42. The van der Waals surface area contributed by atoms with Crippen molar-refractivity contribution in [1.29, 1.82) is 0 Å². The van der Waals surface area contributed by atoms with Gasteiger partial charge in [0.1, 0.15) is 0 Å². The van der Waals surface area contributed by atoms with Crippen molar-refractivity contribution in [3.05, 3.63) is 24.3 Å². The first-order chi connectivity index (χ1) is 10.5. The summed E-state index contributed by atoms with van der Waals surface area (Å²) in [6.45, 7) is 2.13. The molecular formula is C18H28O4. The number of carboxylic acids is 1. The molecule has 2 N–H and O–H groups in total. The molecule has 0 aromatic rings. The van der Waals surface area contributed by atoms with E-state index in [2.05, 4.69) is 6.92 Å². The van der Waals surface area contributed by atoms with E-state index < -0.39 is 12.1 Å². The van der Waals surface area contributed by atoms with Crippen LogP contribution in [0, 0.1) is 11.8 Å². The molecule has 0 heterocycles. The van der Waals surface area contributed by atoms with Crippen LogP contribution in [0.15, 0.2) is 24.3 Å². The lowest BCUT2D eigenvalue weighted by Gasteiger charge is -2.15. The lowest BCUT2D eigenvalue weighted by molar-refractivity contribution is -0.137. The van der Waals surface area contributed by atoms with Gasteiger partial charge in [-0.2, -0.15) is 0 Å². The van der Waals surface area contributed by atoms with Crippen LogP contribution in [-0.4, -0.2) is 28.1 Å². The molecule has 1 aliphatic carbocycles. The topological polar surface area (TPSA) is 74.6 Å².